The summed E-state index contributed by atoms with van der Waals surface area (Å²) in [5.74, 6) is -5.01. The van der Waals surface area contributed by atoms with Gasteiger partial charge in [0.2, 0.25) is 6.10 Å². The second-order valence-electron chi connectivity index (χ2n) is 12.4. The van der Waals surface area contributed by atoms with Crippen LogP contribution in [0.3, 0.4) is 0 Å². The van der Waals surface area contributed by atoms with Crippen LogP contribution in [0.1, 0.15) is 60.8 Å². The van der Waals surface area contributed by atoms with Crippen LogP contribution < -0.4 is 0 Å². The monoisotopic (exact) mass is 532 g/mol. The first-order valence-corrected chi connectivity index (χ1v) is 13.2. The van der Waals surface area contributed by atoms with Crippen LogP contribution in [0.4, 0.5) is 0 Å². The number of carbonyl (C=O) groups excluding carboxylic acids is 4. The number of esters is 3. The molecule has 10 heteroatoms. The normalized spacial score (nSPS) is 43.2. The van der Waals surface area contributed by atoms with Crippen molar-refractivity contribution in [2.24, 2.45) is 28.6 Å². The zero-order chi connectivity index (χ0) is 27.9. The molecule has 2 N–H and O–H groups in total. The number of allylic oxidation sites excluding steroid dienone is 3. The van der Waals surface area contributed by atoms with Gasteiger partial charge in [0.05, 0.1) is 24.7 Å². The lowest BCUT2D eigenvalue weighted by molar-refractivity contribution is -0.270. The molecule has 2 bridgehead atoms. The molecule has 0 aromatic carbocycles. The molecule has 9 atom stereocenters. The van der Waals surface area contributed by atoms with Gasteiger partial charge in [-0.15, -0.1) is 0 Å². The fourth-order valence-electron chi connectivity index (χ4n) is 8.43. The Kier molecular flexibility index (Phi) is 6.11. The van der Waals surface area contributed by atoms with E-state index >= 15 is 0 Å². The summed E-state index contributed by atoms with van der Waals surface area (Å²) < 4.78 is 23.5. The highest BCUT2D eigenvalue weighted by Crippen LogP contribution is 2.72. The quantitative estimate of drug-likeness (QED) is 0.314. The maximum absolute atomic E-state index is 13.7. The fourth-order valence-corrected chi connectivity index (χ4v) is 8.43. The van der Waals surface area contributed by atoms with Crippen molar-refractivity contribution < 1.29 is 48.3 Å². The van der Waals surface area contributed by atoms with Gasteiger partial charge in [0.25, 0.3) is 0 Å². The predicted molar refractivity (Wildman–Crippen MR) is 130 cm³/mol. The van der Waals surface area contributed by atoms with E-state index in [1.165, 1.54) is 6.08 Å². The van der Waals surface area contributed by atoms with Crippen LogP contribution in [0.25, 0.3) is 0 Å². The van der Waals surface area contributed by atoms with Crippen molar-refractivity contribution >= 4 is 23.7 Å². The van der Waals surface area contributed by atoms with E-state index in [0.29, 0.717) is 11.1 Å². The van der Waals surface area contributed by atoms with Gasteiger partial charge in [-0.1, -0.05) is 12.5 Å². The summed E-state index contributed by atoms with van der Waals surface area (Å²) in [6.45, 7) is 10.3. The van der Waals surface area contributed by atoms with Gasteiger partial charge in [0.15, 0.2) is 17.1 Å². The van der Waals surface area contributed by atoms with Gasteiger partial charge >= 0.3 is 17.9 Å². The number of Topliss-reactive ketones (excluding diaryl/α,β-unsaturated/α-hetero) is 1. The largest absolute Gasteiger partial charge is 0.504 e. The summed E-state index contributed by atoms with van der Waals surface area (Å²) in [6, 6.07) is 0. The van der Waals surface area contributed by atoms with Crippen molar-refractivity contribution in [1.29, 1.82) is 0 Å². The summed E-state index contributed by atoms with van der Waals surface area (Å²) >= 11 is 0. The van der Waals surface area contributed by atoms with Crippen molar-refractivity contribution in [1.82, 2.24) is 0 Å². The van der Waals surface area contributed by atoms with Gasteiger partial charge in [-0.25, -0.2) is 14.4 Å². The number of ether oxygens (including phenoxy) is 4. The number of rotatable bonds is 4. The van der Waals surface area contributed by atoms with Crippen LogP contribution in [-0.4, -0.2) is 70.5 Å². The molecule has 208 valence electrons. The number of carbonyl (C=O) groups is 4. The van der Waals surface area contributed by atoms with E-state index in [1.54, 1.807) is 34.6 Å². The molecule has 2 aliphatic heterocycles. The van der Waals surface area contributed by atoms with E-state index in [-0.39, 0.29) is 37.5 Å². The van der Waals surface area contributed by atoms with Gasteiger partial charge in [0.1, 0.15) is 6.10 Å². The minimum Gasteiger partial charge on any atom is -0.504 e. The second kappa shape index (κ2) is 8.64. The van der Waals surface area contributed by atoms with E-state index in [2.05, 4.69) is 0 Å². The SMILES string of the molecule is CC(C)=CC(=O)OC1C(=O)OC2CC3C(C)=C(O)C(=O)CC3(C)C3C(O)CC4(C(=O)OC(C)C)OC[C@@]23C14. The molecule has 0 aromatic heterocycles. The molecule has 5 rings (SSSR count). The minimum atomic E-state index is -1.75. The molecule has 2 saturated heterocycles. The molecule has 10 nitrogen and oxygen atoms in total. The van der Waals surface area contributed by atoms with Crippen LogP contribution in [0.15, 0.2) is 23.0 Å². The second-order valence-corrected chi connectivity index (χ2v) is 12.4. The Labute approximate surface area is 221 Å². The standard InChI is InChI=1S/C28H36O10/c1-12(2)7-19(31)38-21-23-27-11-35-28(23,25(34)36-13(3)4)10-17(30)22(27)26(6)9-16(29)20(32)14(5)15(26)8-18(27)37-24(21)33/h7,13,15,17-18,21-23,30,32H,8-11H2,1-6H3/t15?,17?,18?,21?,22?,23?,26?,27-,28?/m1/s1. The van der Waals surface area contributed by atoms with Crippen LogP contribution in [0.2, 0.25) is 0 Å². The average Bonchev–Trinajstić information content (AvgIpc) is 3.04. The fraction of sp³-hybridized carbons (Fsp3) is 0.714. The Morgan fingerprint density at radius 2 is 1.87 bits per heavy atom. The first-order chi connectivity index (χ1) is 17.7. The zero-order valence-corrected chi connectivity index (χ0v) is 22.6. The Balaban J connectivity index is 1.70. The highest BCUT2D eigenvalue weighted by atomic mass is 16.6. The van der Waals surface area contributed by atoms with E-state index in [4.69, 9.17) is 18.9 Å². The number of aliphatic hydroxyl groups is 2. The Hall–Kier alpha value is -2.72. The number of aliphatic hydroxyl groups excluding tert-OH is 2. The van der Waals surface area contributed by atoms with Crippen LogP contribution in [0, 0.1) is 28.6 Å². The van der Waals surface area contributed by atoms with E-state index < -0.39 is 76.4 Å². The first-order valence-electron chi connectivity index (χ1n) is 13.2. The van der Waals surface area contributed by atoms with E-state index in [0.717, 1.165) is 0 Å². The van der Waals surface area contributed by atoms with Gasteiger partial charge in [0, 0.05) is 30.3 Å². The minimum absolute atomic E-state index is 0.0244. The highest BCUT2D eigenvalue weighted by molar-refractivity contribution is 5.95. The Morgan fingerprint density at radius 3 is 2.50 bits per heavy atom. The Morgan fingerprint density at radius 1 is 1.18 bits per heavy atom. The van der Waals surface area contributed by atoms with Crippen molar-refractivity contribution in [3.63, 3.8) is 0 Å². The maximum Gasteiger partial charge on any atom is 0.348 e. The molecule has 0 radical (unpaired) electrons. The molecule has 0 amide bonds. The maximum atomic E-state index is 13.7. The molecule has 4 fully saturated rings. The lowest BCUT2D eigenvalue weighted by atomic mass is 9.38. The van der Waals surface area contributed by atoms with Gasteiger partial charge in [-0.3, -0.25) is 4.79 Å². The third kappa shape index (κ3) is 3.45. The molecule has 1 spiro atoms. The van der Waals surface area contributed by atoms with E-state index in [9.17, 15) is 29.4 Å². The molecular formula is C28H36O10. The number of hydrogen-bond acceptors (Lipinski definition) is 10. The van der Waals surface area contributed by atoms with Crippen molar-refractivity contribution in [3.8, 4) is 0 Å². The zero-order valence-electron chi connectivity index (χ0n) is 22.6. The van der Waals surface area contributed by atoms with Crippen LogP contribution in [0.5, 0.6) is 0 Å². The molecule has 2 heterocycles. The van der Waals surface area contributed by atoms with Crippen molar-refractivity contribution in [3.05, 3.63) is 23.0 Å². The summed E-state index contributed by atoms with van der Waals surface area (Å²) in [6.07, 6.45) is -2.60. The van der Waals surface area contributed by atoms with Crippen molar-refractivity contribution in [2.75, 3.05) is 6.61 Å². The predicted octanol–water partition coefficient (Wildman–Crippen LogP) is 2.32. The van der Waals surface area contributed by atoms with Crippen LogP contribution in [-0.2, 0) is 38.1 Å². The molecule has 8 unspecified atom stereocenters. The Bertz CT molecular complexity index is 1160. The molecule has 5 aliphatic rings. The lowest BCUT2D eigenvalue weighted by Crippen LogP contribution is -2.75. The highest BCUT2D eigenvalue weighted by Gasteiger charge is 2.82. The lowest BCUT2D eigenvalue weighted by Gasteiger charge is -2.66. The molecule has 38 heavy (non-hydrogen) atoms. The third-order valence-electron chi connectivity index (χ3n) is 9.53. The summed E-state index contributed by atoms with van der Waals surface area (Å²) in [7, 11) is 0. The van der Waals surface area contributed by atoms with Crippen molar-refractivity contribution in [2.45, 2.75) is 90.8 Å². The van der Waals surface area contributed by atoms with Gasteiger partial charge in [-0.05, 0) is 57.9 Å². The number of fused-ring (bicyclic) bond motifs is 2. The number of hydrogen-bond donors (Lipinski definition) is 2. The van der Waals surface area contributed by atoms with E-state index in [1.807, 2.05) is 6.92 Å². The van der Waals surface area contributed by atoms with Gasteiger partial charge in [-0.2, -0.15) is 0 Å². The summed E-state index contributed by atoms with van der Waals surface area (Å²) in [5.41, 5.74) is -2.55. The number of ketones is 1. The van der Waals surface area contributed by atoms with Crippen LogP contribution >= 0.6 is 0 Å². The smallest absolute Gasteiger partial charge is 0.348 e. The molecule has 3 aliphatic carbocycles. The molecular weight excluding hydrogens is 496 g/mol. The first kappa shape index (κ1) is 26.9. The average molecular weight is 533 g/mol. The molecule has 0 aromatic rings. The van der Waals surface area contributed by atoms with Gasteiger partial charge < -0.3 is 29.2 Å². The third-order valence-corrected chi connectivity index (χ3v) is 9.53. The topological polar surface area (TPSA) is 146 Å². The summed E-state index contributed by atoms with van der Waals surface area (Å²) in [5, 5.41) is 22.2. The molecule has 2 saturated carbocycles. The summed E-state index contributed by atoms with van der Waals surface area (Å²) in [4.78, 5) is 52.8.